The van der Waals surface area contributed by atoms with Gasteiger partial charge in [-0.25, -0.2) is 0 Å². The van der Waals surface area contributed by atoms with Gasteiger partial charge in [-0.2, -0.15) is 0 Å². The summed E-state index contributed by atoms with van der Waals surface area (Å²) < 4.78 is 0. The van der Waals surface area contributed by atoms with E-state index in [2.05, 4.69) is 6.92 Å². The zero-order chi connectivity index (χ0) is 11.5. The Bertz CT molecular complexity index is 369. The Hall–Kier alpha value is -0.820. The van der Waals surface area contributed by atoms with Gasteiger partial charge >= 0.3 is 0 Å². The number of rotatable bonds is 3. The van der Waals surface area contributed by atoms with Crippen molar-refractivity contribution in [1.29, 1.82) is 0 Å². The molecule has 2 heteroatoms. The molecule has 0 radical (unpaired) electrons. The van der Waals surface area contributed by atoms with Crippen molar-refractivity contribution in [2.45, 2.75) is 32.6 Å². The first-order chi connectivity index (χ1) is 7.70. The Kier molecular flexibility index (Phi) is 3.65. The lowest BCUT2D eigenvalue weighted by molar-refractivity contribution is -0.123. The van der Waals surface area contributed by atoms with Crippen LogP contribution in [0, 0.1) is 11.8 Å². The summed E-state index contributed by atoms with van der Waals surface area (Å²) in [7, 11) is 0. The molecule has 2 unspecified atom stereocenters. The molecule has 0 aliphatic heterocycles. The molecule has 0 heterocycles. The normalized spacial score (nSPS) is 25.0. The van der Waals surface area contributed by atoms with Crippen LogP contribution in [0.15, 0.2) is 24.3 Å². The van der Waals surface area contributed by atoms with Crippen LogP contribution in [0.1, 0.15) is 31.7 Å². The lowest BCUT2D eigenvalue weighted by atomic mass is 9.95. The topological polar surface area (TPSA) is 17.1 Å². The maximum atomic E-state index is 12.0. The van der Waals surface area contributed by atoms with Crippen molar-refractivity contribution in [1.82, 2.24) is 0 Å². The van der Waals surface area contributed by atoms with E-state index >= 15 is 0 Å². The third-order valence-corrected chi connectivity index (χ3v) is 3.81. The molecule has 86 valence electrons. The summed E-state index contributed by atoms with van der Waals surface area (Å²) in [6, 6.07) is 7.84. The van der Waals surface area contributed by atoms with E-state index in [9.17, 15) is 4.79 Å². The Morgan fingerprint density at radius 3 is 2.38 bits per heavy atom. The van der Waals surface area contributed by atoms with Crippen molar-refractivity contribution >= 4 is 17.4 Å². The van der Waals surface area contributed by atoms with Gasteiger partial charge in [0.15, 0.2) is 0 Å². The largest absolute Gasteiger partial charge is 0.299 e. The van der Waals surface area contributed by atoms with Crippen LogP contribution in [0.4, 0.5) is 0 Å². The van der Waals surface area contributed by atoms with E-state index in [0.717, 1.165) is 30.7 Å². The maximum absolute atomic E-state index is 12.0. The fraction of sp³-hybridized carbons (Fsp3) is 0.500. The highest BCUT2D eigenvalue weighted by Crippen LogP contribution is 2.31. The number of hydrogen-bond acceptors (Lipinski definition) is 1. The number of carbonyl (C=O) groups excluding carboxylic acids is 1. The first-order valence-electron chi connectivity index (χ1n) is 5.99. The van der Waals surface area contributed by atoms with Crippen LogP contribution in [-0.2, 0) is 11.2 Å². The fourth-order valence-electron chi connectivity index (χ4n) is 2.53. The lowest BCUT2D eigenvalue weighted by Crippen LogP contribution is -2.15. The van der Waals surface area contributed by atoms with Gasteiger partial charge in [0.2, 0.25) is 0 Å². The molecule has 0 saturated heterocycles. The molecule has 0 spiro atoms. The summed E-state index contributed by atoms with van der Waals surface area (Å²) in [6.45, 7) is 2.10. The average molecular weight is 237 g/mol. The number of ketones is 1. The average Bonchev–Trinajstić information content (AvgIpc) is 2.63. The zero-order valence-corrected chi connectivity index (χ0v) is 10.3. The minimum atomic E-state index is 0.242. The van der Waals surface area contributed by atoms with E-state index in [1.54, 1.807) is 0 Å². The Morgan fingerprint density at radius 1 is 1.19 bits per heavy atom. The Balaban J connectivity index is 2.01. The smallest absolute Gasteiger partial charge is 0.139 e. The van der Waals surface area contributed by atoms with Gasteiger partial charge in [0.05, 0.1) is 0 Å². The van der Waals surface area contributed by atoms with Crippen LogP contribution in [0.3, 0.4) is 0 Å². The van der Waals surface area contributed by atoms with E-state index < -0.39 is 0 Å². The number of benzene rings is 1. The second-order valence-corrected chi connectivity index (χ2v) is 5.05. The minimum absolute atomic E-state index is 0.242. The van der Waals surface area contributed by atoms with Crippen molar-refractivity contribution in [2.75, 3.05) is 0 Å². The third kappa shape index (κ3) is 2.46. The number of carbonyl (C=O) groups is 1. The summed E-state index contributed by atoms with van der Waals surface area (Å²) in [6.07, 6.45) is 4.01. The molecule has 0 amide bonds. The van der Waals surface area contributed by atoms with Crippen LogP contribution >= 0.6 is 11.6 Å². The van der Waals surface area contributed by atoms with Gasteiger partial charge in [0.25, 0.3) is 0 Å². The van der Waals surface area contributed by atoms with Gasteiger partial charge in [0.1, 0.15) is 5.78 Å². The van der Waals surface area contributed by atoms with Gasteiger partial charge < -0.3 is 0 Å². The molecule has 1 fully saturated rings. The minimum Gasteiger partial charge on any atom is -0.299 e. The number of Topliss-reactive ketones (excluding diaryl/α,β-unsaturated/α-hetero) is 1. The molecule has 2 rings (SSSR count). The number of halogens is 1. The predicted molar refractivity (Wildman–Crippen MR) is 66.7 cm³/mol. The van der Waals surface area contributed by atoms with Crippen LogP contribution in [0.25, 0.3) is 0 Å². The molecule has 16 heavy (non-hydrogen) atoms. The molecule has 0 bridgehead atoms. The van der Waals surface area contributed by atoms with E-state index in [-0.39, 0.29) is 5.92 Å². The zero-order valence-electron chi connectivity index (χ0n) is 9.58. The summed E-state index contributed by atoms with van der Waals surface area (Å²) in [5, 5.41) is 0.757. The molecule has 0 aromatic heterocycles. The highest BCUT2D eigenvalue weighted by molar-refractivity contribution is 6.30. The van der Waals surface area contributed by atoms with E-state index in [1.165, 1.54) is 5.56 Å². The molecule has 1 saturated carbocycles. The SMILES string of the molecule is CCC1CCC(Cc2ccc(Cl)cc2)C1=O. The summed E-state index contributed by atoms with van der Waals surface area (Å²) in [5.74, 6) is 1.03. The van der Waals surface area contributed by atoms with Crippen molar-refractivity contribution in [2.24, 2.45) is 11.8 Å². The first-order valence-corrected chi connectivity index (χ1v) is 6.36. The van der Waals surface area contributed by atoms with Gasteiger partial charge in [-0.1, -0.05) is 30.7 Å². The summed E-state index contributed by atoms with van der Waals surface area (Å²) >= 11 is 5.84. The summed E-state index contributed by atoms with van der Waals surface area (Å²) in [4.78, 5) is 12.0. The second kappa shape index (κ2) is 5.01. The van der Waals surface area contributed by atoms with Gasteiger partial charge in [-0.3, -0.25) is 4.79 Å². The van der Waals surface area contributed by atoms with Crippen LogP contribution < -0.4 is 0 Å². The molecule has 1 nitrogen and oxygen atoms in total. The predicted octanol–water partition coefficient (Wildman–Crippen LogP) is 3.89. The summed E-state index contributed by atoms with van der Waals surface area (Å²) in [5.41, 5.74) is 1.22. The molecule has 1 aromatic carbocycles. The van der Waals surface area contributed by atoms with Gasteiger partial charge in [-0.15, -0.1) is 0 Å². The standard InChI is InChI=1S/C14H17ClO/c1-2-11-5-6-12(14(11)16)9-10-3-7-13(15)8-4-10/h3-4,7-8,11-12H,2,5-6,9H2,1H3. The highest BCUT2D eigenvalue weighted by Gasteiger charge is 2.32. The van der Waals surface area contributed by atoms with Crippen LogP contribution in [0.5, 0.6) is 0 Å². The quantitative estimate of drug-likeness (QED) is 0.778. The Morgan fingerprint density at radius 2 is 1.81 bits per heavy atom. The molecular formula is C14H17ClO. The molecule has 2 atom stereocenters. The van der Waals surface area contributed by atoms with E-state index in [4.69, 9.17) is 11.6 Å². The van der Waals surface area contributed by atoms with E-state index in [0.29, 0.717) is 11.7 Å². The van der Waals surface area contributed by atoms with Crippen LogP contribution in [-0.4, -0.2) is 5.78 Å². The molecule has 1 aromatic rings. The monoisotopic (exact) mass is 236 g/mol. The molecule has 1 aliphatic carbocycles. The number of hydrogen-bond donors (Lipinski definition) is 0. The lowest BCUT2D eigenvalue weighted by Gasteiger charge is -2.09. The second-order valence-electron chi connectivity index (χ2n) is 4.61. The molecule has 0 N–H and O–H groups in total. The molecular weight excluding hydrogens is 220 g/mol. The van der Waals surface area contributed by atoms with Crippen molar-refractivity contribution in [3.63, 3.8) is 0 Å². The highest BCUT2D eigenvalue weighted by atomic mass is 35.5. The van der Waals surface area contributed by atoms with Crippen molar-refractivity contribution in [3.05, 3.63) is 34.9 Å². The Labute approximate surface area is 102 Å². The first kappa shape index (κ1) is 11.7. The van der Waals surface area contributed by atoms with Crippen molar-refractivity contribution < 1.29 is 4.79 Å². The third-order valence-electron chi connectivity index (χ3n) is 3.56. The maximum Gasteiger partial charge on any atom is 0.139 e. The van der Waals surface area contributed by atoms with Crippen molar-refractivity contribution in [3.8, 4) is 0 Å². The van der Waals surface area contributed by atoms with Gasteiger partial charge in [0, 0.05) is 16.9 Å². The van der Waals surface area contributed by atoms with E-state index in [1.807, 2.05) is 24.3 Å². The molecule has 1 aliphatic rings. The van der Waals surface area contributed by atoms with Crippen LogP contribution in [0.2, 0.25) is 5.02 Å². The fourth-order valence-corrected chi connectivity index (χ4v) is 2.66. The van der Waals surface area contributed by atoms with Gasteiger partial charge in [-0.05, 0) is 43.4 Å².